The molecule has 15 nitrogen and oxygen atoms in total. The van der Waals surface area contributed by atoms with E-state index in [1.54, 1.807) is 12.1 Å². The van der Waals surface area contributed by atoms with Crippen LogP contribution >= 0.6 is 19.6 Å². The van der Waals surface area contributed by atoms with Crippen LogP contribution in [0.15, 0.2) is 35.7 Å². The van der Waals surface area contributed by atoms with Crippen molar-refractivity contribution >= 4 is 42.3 Å². The number of rotatable bonds is 8. The Labute approximate surface area is 195 Å². The summed E-state index contributed by atoms with van der Waals surface area (Å²) in [5, 5.41) is 32.3. The lowest BCUT2D eigenvalue weighted by Crippen LogP contribution is -2.33. The molecule has 0 spiro atoms. The molecule has 0 radical (unpaired) electrons. The number of non-ortho nitro benzene ring substituents is 1. The van der Waals surface area contributed by atoms with Gasteiger partial charge in [0.2, 0.25) is 0 Å². The molecule has 1 saturated heterocycles. The molecule has 0 amide bonds. The lowest BCUT2D eigenvalue weighted by atomic mass is 10.1. The van der Waals surface area contributed by atoms with Crippen molar-refractivity contribution in [2.24, 2.45) is 0 Å². The largest absolute Gasteiger partial charge is 0.469 e. The first-order valence-corrected chi connectivity index (χ1v) is 12.1. The van der Waals surface area contributed by atoms with Crippen LogP contribution in [0.1, 0.15) is 11.8 Å². The van der Waals surface area contributed by atoms with Crippen LogP contribution in [-0.2, 0) is 19.6 Å². The van der Waals surface area contributed by atoms with E-state index in [9.17, 15) is 24.9 Å². The number of nitrogens with zero attached hydrogens (tertiary/aromatic N) is 5. The van der Waals surface area contributed by atoms with Gasteiger partial charge in [-0.3, -0.25) is 19.2 Å². The van der Waals surface area contributed by atoms with Crippen LogP contribution < -0.4 is 5.73 Å². The van der Waals surface area contributed by atoms with Gasteiger partial charge in [0.1, 0.15) is 24.6 Å². The SMILES string of the molecule is Nc1ncnc2c1nc(SCc1cccc([N+](=O)[O-])c1)n2C1OC(COP(=O)(O)O)C(O)C1O. The second-order valence-corrected chi connectivity index (χ2v) is 9.43. The van der Waals surface area contributed by atoms with Crippen molar-refractivity contribution in [3.63, 3.8) is 0 Å². The zero-order valence-electron chi connectivity index (χ0n) is 17.1. The Kier molecular flexibility index (Phi) is 6.84. The van der Waals surface area contributed by atoms with Crippen LogP contribution in [0.3, 0.4) is 0 Å². The van der Waals surface area contributed by atoms with E-state index >= 15 is 0 Å². The van der Waals surface area contributed by atoms with Crippen molar-refractivity contribution in [2.45, 2.75) is 35.4 Å². The highest BCUT2D eigenvalue weighted by Gasteiger charge is 2.46. The van der Waals surface area contributed by atoms with Crippen LogP contribution in [0.2, 0.25) is 0 Å². The molecular formula is C17H19N6O9PS. The molecule has 4 atom stereocenters. The van der Waals surface area contributed by atoms with Gasteiger partial charge >= 0.3 is 7.82 Å². The maximum atomic E-state index is 11.0. The monoisotopic (exact) mass is 514 g/mol. The summed E-state index contributed by atoms with van der Waals surface area (Å²) in [6.07, 6.45) is -4.41. The van der Waals surface area contributed by atoms with Gasteiger partial charge in [0.25, 0.3) is 5.69 Å². The Morgan fingerprint density at radius 2 is 2.06 bits per heavy atom. The van der Waals surface area contributed by atoms with E-state index in [-0.39, 0.29) is 33.6 Å². The third kappa shape index (κ3) is 5.03. The number of benzene rings is 1. The summed E-state index contributed by atoms with van der Waals surface area (Å²) in [4.78, 5) is 40.8. The zero-order chi connectivity index (χ0) is 24.6. The van der Waals surface area contributed by atoms with E-state index in [1.165, 1.54) is 23.0 Å². The standard InChI is InChI=1S/C17H19N6O9PS/c18-14-11-15(20-7-19-14)22(16-13(25)12(24)10(32-16)5-31-33(28,29)30)17(21-11)34-6-8-2-1-3-9(4-8)23(26)27/h1-4,7,10,12-13,16,24-25H,5-6H2,(H2,18,19,20)(H2,28,29,30). The number of anilines is 1. The van der Waals surface area contributed by atoms with E-state index < -0.39 is 43.9 Å². The van der Waals surface area contributed by atoms with Crippen LogP contribution in [0.4, 0.5) is 11.5 Å². The van der Waals surface area contributed by atoms with Gasteiger partial charge in [-0.1, -0.05) is 23.9 Å². The van der Waals surface area contributed by atoms with Crippen molar-refractivity contribution in [2.75, 3.05) is 12.3 Å². The van der Waals surface area contributed by atoms with Crippen LogP contribution in [0, 0.1) is 10.1 Å². The predicted molar refractivity (Wildman–Crippen MR) is 116 cm³/mol. The Balaban J connectivity index is 1.66. The lowest BCUT2D eigenvalue weighted by molar-refractivity contribution is -0.384. The molecule has 0 bridgehead atoms. The molecule has 4 rings (SSSR count). The number of nitro benzene ring substituents is 1. The number of aliphatic hydroxyl groups excluding tert-OH is 2. The van der Waals surface area contributed by atoms with E-state index in [0.717, 1.165) is 11.8 Å². The highest BCUT2D eigenvalue weighted by atomic mass is 32.2. The molecule has 1 aromatic carbocycles. The number of fused-ring (bicyclic) bond motifs is 1. The van der Waals surface area contributed by atoms with Crippen molar-refractivity contribution in [1.82, 2.24) is 19.5 Å². The number of ether oxygens (including phenoxy) is 1. The predicted octanol–water partition coefficient (Wildman–Crippen LogP) is 0.337. The lowest BCUT2D eigenvalue weighted by Gasteiger charge is -2.19. The average molecular weight is 514 g/mol. The Hall–Kier alpha value is -2.69. The molecule has 2 aromatic heterocycles. The number of hydrogen-bond donors (Lipinski definition) is 5. The topological polar surface area (TPSA) is 229 Å². The van der Waals surface area contributed by atoms with Gasteiger partial charge < -0.3 is 30.5 Å². The molecule has 3 heterocycles. The highest BCUT2D eigenvalue weighted by Crippen LogP contribution is 2.40. The van der Waals surface area contributed by atoms with Crippen LogP contribution in [-0.4, -0.2) is 69.4 Å². The fourth-order valence-electron chi connectivity index (χ4n) is 3.40. The number of aliphatic hydroxyl groups is 2. The molecule has 1 aliphatic rings. The fourth-order valence-corrected chi connectivity index (χ4v) is 4.70. The Morgan fingerprint density at radius 1 is 1.29 bits per heavy atom. The first kappa shape index (κ1) is 24.4. The smallest absolute Gasteiger partial charge is 0.387 e. The summed E-state index contributed by atoms with van der Waals surface area (Å²) in [7, 11) is -4.84. The summed E-state index contributed by atoms with van der Waals surface area (Å²) in [5.74, 6) is 0.296. The van der Waals surface area contributed by atoms with Gasteiger partial charge in [0, 0.05) is 17.9 Å². The Bertz CT molecular complexity index is 1270. The number of aromatic nitrogens is 4. The maximum absolute atomic E-state index is 11.0. The molecule has 3 aromatic rings. The van der Waals surface area contributed by atoms with Gasteiger partial charge in [-0.25, -0.2) is 19.5 Å². The minimum atomic E-state index is -4.84. The maximum Gasteiger partial charge on any atom is 0.469 e. The highest BCUT2D eigenvalue weighted by molar-refractivity contribution is 7.98. The molecule has 4 unspecified atom stereocenters. The number of nitrogens with two attached hydrogens (primary N) is 1. The van der Waals surface area contributed by atoms with E-state index in [2.05, 4.69) is 19.5 Å². The molecule has 6 N–H and O–H groups in total. The minimum absolute atomic E-state index is 0.0513. The van der Waals surface area contributed by atoms with E-state index in [1.807, 2.05) is 0 Å². The summed E-state index contributed by atoms with van der Waals surface area (Å²) in [6.45, 7) is -0.682. The van der Waals surface area contributed by atoms with Crippen LogP contribution in [0.5, 0.6) is 0 Å². The average Bonchev–Trinajstić information content (AvgIpc) is 3.28. The molecule has 182 valence electrons. The summed E-state index contributed by atoms with van der Waals surface area (Å²) < 4.78 is 22.5. The molecular weight excluding hydrogens is 495 g/mol. The summed E-state index contributed by atoms with van der Waals surface area (Å²) in [5.41, 5.74) is 6.84. The second-order valence-electron chi connectivity index (χ2n) is 7.24. The molecule has 0 saturated carbocycles. The third-order valence-corrected chi connectivity index (χ3v) is 6.47. The molecule has 0 aliphatic carbocycles. The molecule has 1 fully saturated rings. The van der Waals surface area contributed by atoms with Gasteiger partial charge in [0.05, 0.1) is 11.5 Å². The minimum Gasteiger partial charge on any atom is -0.387 e. The second kappa shape index (κ2) is 9.52. The van der Waals surface area contributed by atoms with Crippen molar-refractivity contribution in [3.8, 4) is 0 Å². The van der Waals surface area contributed by atoms with Gasteiger partial charge in [-0.15, -0.1) is 0 Å². The first-order chi connectivity index (χ1) is 16.0. The van der Waals surface area contributed by atoms with E-state index in [4.69, 9.17) is 20.3 Å². The summed E-state index contributed by atoms with van der Waals surface area (Å²) in [6, 6.07) is 6.02. The van der Waals surface area contributed by atoms with Crippen molar-refractivity contribution in [1.29, 1.82) is 0 Å². The van der Waals surface area contributed by atoms with Gasteiger partial charge in [0.15, 0.2) is 28.4 Å². The van der Waals surface area contributed by atoms with Crippen molar-refractivity contribution < 1.29 is 38.7 Å². The number of phosphoric ester groups is 1. The fraction of sp³-hybridized carbons (Fsp3) is 0.353. The zero-order valence-corrected chi connectivity index (χ0v) is 18.8. The van der Waals surface area contributed by atoms with E-state index in [0.29, 0.717) is 5.56 Å². The first-order valence-electron chi connectivity index (χ1n) is 9.61. The molecule has 1 aliphatic heterocycles. The van der Waals surface area contributed by atoms with Crippen LogP contribution in [0.25, 0.3) is 11.2 Å². The quantitative estimate of drug-likeness (QED) is 0.118. The normalized spacial score (nSPS) is 22.9. The number of hydrogen-bond acceptors (Lipinski definition) is 12. The van der Waals surface area contributed by atoms with Crippen molar-refractivity contribution in [3.05, 3.63) is 46.3 Å². The number of imidazole rings is 1. The number of thioether (sulfide) groups is 1. The Morgan fingerprint density at radius 3 is 2.76 bits per heavy atom. The third-order valence-electron chi connectivity index (χ3n) is 4.96. The molecule has 34 heavy (non-hydrogen) atoms. The molecule has 17 heteroatoms. The number of phosphoric acid groups is 1. The van der Waals surface area contributed by atoms with Gasteiger partial charge in [-0.05, 0) is 5.56 Å². The number of nitrogen functional groups attached to an aromatic ring is 1. The summed E-state index contributed by atoms with van der Waals surface area (Å²) >= 11 is 1.14. The number of nitro groups is 1. The van der Waals surface area contributed by atoms with Gasteiger partial charge in [-0.2, -0.15) is 0 Å².